The average molecular weight is 313 g/mol. The monoisotopic (exact) mass is 313 g/mol. The molecular formula is C16H28NO3P. The number of nitrogens with zero attached hydrogens (tertiary/aromatic N) is 1. The van der Waals surface area contributed by atoms with Crippen molar-refractivity contribution in [3.05, 3.63) is 24.3 Å². The number of benzene rings is 1. The lowest BCUT2D eigenvalue weighted by Gasteiger charge is -2.32. The van der Waals surface area contributed by atoms with Crippen molar-refractivity contribution in [2.45, 2.75) is 52.7 Å². The smallest absolute Gasteiger partial charge is 0.362 e. The maximum atomic E-state index is 13.3. The quantitative estimate of drug-likeness (QED) is 0.781. The van der Waals surface area contributed by atoms with Crippen LogP contribution in [0.1, 0.15) is 41.5 Å². The highest BCUT2D eigenvalue weighted by Gasteiger charge is 2.37. The molecule has 1 aromatic rings. The van der Waals surface area contributed by atoms with Gasteiger partial charge in [0, 0.05) is 19.8 Å². The summed E-state index contributed by atoms with van der Waals surface area (Å²) in [6.45, 7) is 11.2. The molecule has 0 aliphatic heterocycles. The highest BCUT2D eigenvalue weighted by molar-refractivity contribution is 7.62. The van der Waals surface area contributed by atoms with Gasteiger partial charge in [-0.1, -0.05) is 0 Å². The summed E-state index contributed by atoms with van der Waals surface area (Å²) < 4.78 is 24.9. The number of rotatable bonds is 4. The van der Waals surface area contributed by atoms with Crippen LogP contribution < -0.4 is 10.2 Å². The lowest BCUT2D eigenvalue weighted by atomic mass is 10.2. The Hall–Kier alpha value is -0.830. The van der Waals surface area contributed by atoms with E-state index in [1.807, 2.05) is 84.8 Å². The molecule has 0 aromatic heterocycles. The molecule has 1 rings (SSSR count). The fourth-order valence-electron chi connectivity index (χ4n) is 1.78. The maximum Gasteiger partial charge on any atom is 0.362 e. The summed E-state index contributed by atoms with van der Waals surface area (Å²) in [7, 11) is 0.545. The topological polar surface area (TPSA) is 38.8 Å². The predicted octanol–water partition coefficient (Wildman–Crippen LogP) is 4.20. The zero-order chi connectivity index (χ0) is 16.5. The van der Waals surface area contributed by atoms with Gasteiger partial charge in [-0.25, -0.2) is 0 Å². The molecule has 0 spiro atoms. The largest absolute Gasteiger partial charge is 0.378 e. The van der Waals surface area contributed by atoms with E-state index in [9.17, 15) is 4.57 Å². The molecule has 21 heavy (non-hydrogen) atoms. The van der Waals surface area contributed by atoms with Crippen LogP contribution in [0.5, 0.6) is 0 Å². The minimum Gasteiger partial charge on any atom is -0.378 e. The Morgan fingerprint density at radius 3 is 1.52 bits per heavy atom. The lowest BCUT2D eigenvalue weighted by Crippen LogP contribution is -2.28. The molecule has 0 bridgehead atoms. The summed E-state index contributed by atoms with van der Waals surface area (Å²) >= 11 is 0. The van der Waals surface area contributed by atoms with E-state index < -0.39 is 18.8 Å². The minimum absolute atomic E-state index is 0.555. The van der Waals surface area contributed by atoms with Gasteiger partial charge in [0.25, 0.3) is 0 Å². The molecule has 0 atom stereocenters. The fourth-order valence-corrected chi connectivity index (χ4v) is 3.98. The van der Waals surface area contributed by atoms with Gasteiger partial charge in [-0.2, -0.15) is 0 Å². The Balaban J connectivity index is 3.20. The molecule has 0 N–H and O–H groups in total. The van der Waals surface area contributed by atoms with Crippen molar-refractivity contribution in [3.8, 4) is 0 Å². The molecule has 0 aliphatic rings. The van der Waals surface area contributed by atoms with Gasteiger partial charge in [-0.05, 0) is 65.8 Å². The SMILES string of the molecule is CN(C)c1ccc(P(=O)(OC(C)(C)C)OC(C)(C)C)cc1. The first-order chi connectivity index (χ1) is 9.32. The molecule has 0 saturated carbocycles. The fraction of sp³-hybridized carbons (Fsp3) is 0.625. The van der Waals surface area contributed by atoms with E-state index in [0.717, 1.165) is 5.69 Å². The first kappa shape index (κ1) is 18.2. The van der Waals surface area contributed by atoms with Crippen LogP contribution in [0.2, 0.25) is 0 Å². The summed E-state index contributed by atoms with van der Waals surface area (Å²) in [6.07, 6.45) is 0. The van der Waals surface area contributed by atoms with Crippen molar-refractivity contribution >= 4 is 18.6 Å². The molecular weight excluding hydrogens is 285 g/mol. The summed E-state index contributed by atoms with van der Waals surface area (Å²) in [5, 5.41) is 0.581. The third kappa shape index (κ3) is 5.82. The van der Waals surface area contributed by atoms with Crippen molar-refractivity contribution in [2.75, 3.05) is 19.0 Å². The van der Waals surface area contributed by atoms with Gasteiger partial charge in [-0.15, -0.1) is 0 Å². The van der Waals surface area contributed by atoms with Gasteiger partial charge in [0.05, 0.1) is 16.5 Å². The highest BCUT2D eigenvalue weighted by atomic mass is 31.2. The Morgan fingerprint density at radius 1 is 0.857 bits per heavy atom. The Bertz CT molecular complexity index is 490. The molecule has 1 aromatic carbocycles. The van der Waals surface area contributed by atoms with Crippen LogP contribution in [0.25, 0.3) is 0 Å². The van der Waals surface area contributed by atoms with E-state index in [-0.39, 0.29) is 0 Å². The highest BCUT2D eigenvalue weighted by Crippen LogP contribution is 2.53. The van der Waals surface area contributed by atoms with Crippen LogP contribution >= 0.6 is 7.60 Å². The normalized spacial score (nSPS) is 13.3. The number of hydrogen-bond acceptors (Lipinski definition) is 4. The average Bonchev–Trinajstić information content (AvgIpc) is 2.23. The summed E-state index contributed by atoms with van der Waals surface area (Å²) in [4.78, 5) is 1.99. The van der Waals surface area contributed by atoms with Gasteiger partial charge >= 0.3 is 7.60 Å². The Morgan fingerprint density at radius 2 is 1.24 bits per heavy atom. The number of anilines is 1. The van der Waals surface area contributed by atoms with Crippen molar-refractivity contribution < 1.29 is 13.6 Å². The summed E-state index contributed by atoms with van der Waals surface area (Å²) in [5.41, 5.74) is -0.0704. The van der Waals surface area contributed by atoms with Crippen LogP contribution in [0.4, 0.5) is 5.69 Å². The van der Waals surface area contributed by atoms with E-state index in [0.29, 0.717) is 5.30 Å². The second-order valence-corrected chi connectivity index (χ2v) is 9.19. The van der Waals surface area contributed by atoms with Crippen LogP contribution in [0, 0.1) is 0 Å². The summed E-state index contributed by atoms with van der Waals surface area (Å²) in [6, 6.07) is 7.46. The number of hydrogen-bond donors (Lipinski definition) is 0. The molecule has 120 valence electrons. The zero-order valence-electron chi connectivity index (χ0n) is 14.4. The van der Waals surface area contributed by atoms with E-state index >= 15 is 0 Å². The molecule has 0 unspecified atom stereocenters. The first-order valence-corrected chi connectivity index (χ1v) is 8.66. The molecule has 0 heterocycles. The van der Waals surface area contributed by atoms with Crippen molar-refractivity contribution in [1.29, 1.82) is 0 Å². The lowest BCUT2D eigenvalue weighted by molar-refractivity contribution is 0.0548. The Kier molecular flexibility index (Phi) is 5.31. The second-order valence-electron chi connectivity index (χ2n) is 7.32. The first-order valence-electron chi connectivity index (χ1n) is 7.12. The van der Waals surface area contributed by atoms with E-state index in [1.54, 1.807) is 0 Å². The van der Waals surface area contributed by atoms with Crippen molar-refractivity contribution in [3.63, 3.8) is 0 Å². The second kappa shape index (κ2) is 6.12. The standard InChI is InChI=1S/C16H28NO3P/c1-15(2,3)19-21(18,20-16(4,5)6)14-11-9-13(10-12-14)17(7)8/h9-12H,1-8H3. The van der Waals surface area contributed by atoms with Crippen LogP contribution in [0.3, 0.4) is 0 Å². The molecule has 0 fully saturated rings. The van der Waals surface area contributed by atoms with Crippen LogP contribution in [-0.4, -0.2) is 25.3 Å². The Labute approximate surface area is 129 Å². The van der Waals surface area contributed by atoms with Gasteiger partial charge in [0.2, 0.25) is 0 Å². The summed E-state index contributed by atoms with van der Waals surface area (Å²) in [5.74, 6) is 0. The predicted molar refractivity (Wildman–Crippen MR) is 89.7 cm³/mol. The van der Waals surface area contributed by atoms with E-state index in [2.05, 4.69) is 0 Å². The van der Waals surface area contributed by atoms with E-state index in [1.165, 1.54) is 0 Å². The maximum absolute atomic E-state index is 13.3. The van der Waals surface area contributed by atoms with E-state index in [4.69, 9.17) is 9.05 Å². The molecule has 0 aliphatic carbocycles. The molecule has 0 radical (unpaired) electrons. The van der Waals surface area contributed by atoms with Crippen LogP contribution in [0.15, 0.2) is 24.3 Å². The van der Waals surface area contributed by atoms with Gasteiger partial charge in [0.1, 0.15) is 0 Å². The third-order valence-corrected chi connectivity index (χ3v) is 4.98. The zero-order valence-corrected chi connectivity index (χ0v) is 15.3. The molecule has 0 saturated heterocycles. The minimum atomic E-state index is -3.38. The van der Waals surface area contributed by atoms with Crippen molar-refractivity contribution in [2.24, 2.45) is 0 Å². The van der Waals surface area contributed by atoms with Gasteiger partial charge in [-0.3, -0.25) is 13.6 Å². The van der Waals surface area contributed by atoms with Gasteiger partial charge < -0.3 is 4.90 Å². The molecule has 4 nitrogen and oxygen atoms in total. The molecule has 5 heteroatoms. The molecule has 0 amide bonds. The third-order valence-electron chi connectivity index (χ3n) is 2.47. The van der Waals surface area contributed by atoms with Crippen LogP contribution in [-0.2, 0) is 13.6 Å². The van der Waals surface area contributed by atoms with Crippen molar-refractivity contribution in [1.82, 2.24) is 0 Å². The van der Waals surface area contributed by atoms with Gasteiger partial charge in [0.15, 0.2) is 0 Å².